The lowest BCUT2D eigenvalue weighted by molar-refractivity contribution is 0.288. The molecule has 0 fully saturated rings. The van der Waals surface area contributed by atoms with Crippen LogP contribution in [0, 0.1) is 6.92 Å². The molecule has 6 rings (SSSR count). The van der Waals surface area contributed by atoms with Crippen LogP contribution in [0.4, 0.5) is 0 Å². The minimum atomic E-state index is -0.232. The number of thiazole rings is 1. The molecular formula is C36H35N5O4S. The number of unbranched alkanes of at least 4 members (excludes halogenated alkanes) is 1. The number of hydrogen-bond donors (Lipinski definition) is 0. The second kappa shape index (κ2) is 13.8. The molecule has 0 amide bonds. The number of aryl methyl sites for hydroxylation is 1. The lowest BCUT2D eigenvalue weighted by Gasteiger charge is -2.10. The molecule has 0 atom stereocenters. The van der Waals surface area contributed by atoms with E-state index in [9.17, 15) is 4.79 Å². The predicted octanol–water partition coefficient (Wildman–Crippen LogP) is 6.62. The van der Waals surface area contributed by atoms with Gasteiger partial charge in [0.1, 0.15) is 11.4 Å². The van der Waals surface area contributed by atoms with Gasteiger partial charge < -0.3 is 14.2 Å². The quantitative estimate of drug-likeness (QED) is 0.140. The molecule has 0 radical (unpaired) electrons. The van der Waals surface area contributed by atoms with Gasteiger partial charge in [-0.1, -0.05) is 55.0 Å². The van der Waals surface area contributed by atoms with Crippen LogP contribution in [0.1, 0.15) is 49.2 Å². The number of para-hydroxylation sites is 1. The standard InChI is InChI=1S/C36H35N5O4S/c1-5-7-19-45-30-17-13-25(21-31(30)43-4)14-18-33-37-36-41(38-33)35(42)32(46-36)22-26-23-40(27-11-9-8-10-12-27)39-34(26)29-16-15-28(44-6-2)20-24(29)3/h8-18,20-23H,5-7,19H2,1-4H3/b18-14+,32-22-. The minimum absolute atomic E-state index is 0.232. The first-order valence-electron chi connectivity index (χ1n) is 15.3. The zero-order valence-electron chi connectivity index (χ0n) is 26.3. The average Bonchev–Trinajstić information content (AvgIpc) is 3.75. The molecule has 0 aliphatic carbocycles. The lowest BCUT2D eigenvalue weighted by atomic mass is 10.0. The van der Waals surface area contributed by atoms with Crippen LogP contribution in [-0.4, -0.2) is 44.7 Å². The zero-order valence-corrected chi connectivity index (χ0v) is 27.1. The Kier molecular flexibility index (Phi) is 9.25. The third kappa shape index (κ3) is 6.57. The van der Waals surface area contributed by atoms with Crippen LogP contribution in [0.3, 0.4) is 0 Å². The van der Waals surface area contributed by atoms with E-state index in [4.69, 9.17) is 19.3 Å². The maximum absolute atomic E-state index is 13.5. The van der Waals surface area contributed by atoms with Crippen LogP contribution < -0.4 is 24.3 Å². The molecule has 46 heavy (non-hydrogen) atoms. The van der Waals surface area contributed by atoms with E-state index in [0.717, 1.165) is 52.2 Å². The van der Waals surface area contributed by atoms with Crippen LogP contribution in [0.25, 0.3) is 40.1 Å². The Morgan fingerprint density at radius 2 is 1.78 bits per heavy atom. The summed E-state index contributed by atoms with van der Waals surface area (Å²) in [7, 11) is 1.62. The predicted molar refractivity (Wildman–Crippen MR) is 183 cm³/mol. The van der Waals surface area contributed by atoms with E-state index in [1.165, 1.54) is 15.9 Å². The number of fused-ring (bicyclic) bond motifs is 1. The summed E-state index contributed by atoms with van der Waals surface area (Å²) < 4.78 is 20.8. The van der Waals surface area contributed by atoms with Crippen LogP contribution in [0.2, 0.25) is 0 Å². The van der Waals surface area contributed by atoms with Crippen molar-refractivity contribution in [3.05, 3.63) is 110 Å². The molecule has 3 aromatic heterocycles. The Bertz CT molecular complexity index is 2110. The third-order valence-corrected chi connectivity index (χ3v) is 8.34. The van der Waals surface area contributed by atoms with E-state index >= 15 is 0 Å². The van der Waals surface area contributed by atoms with Crippen LogP contribution in [-0.2, 0) is 0 Å². The van der Waals surface area contributed by atoms with Crippen molar-refractivity contribution in [2.45, 2.75) is 33.6 Å². The molecule has 6 aromatic rings. The first-order chi connectivity index (χ1) is 22.5. The third-order valence-electron chi connectivity index (χ3n) is 7.38. The van der Waals surface area contributed by atoms with Crippen molar-refractivity contribution < 1.29 is 14.2 Å². The van der Waals surface area contributed by atoms with Crippen LogP contribution in [0.5, 0.6) is 17.2 Å². The summed E-state index contributed by atoms with van der Waals surface area (Å²) in [5.41, 5.74) is 5.16. The number of hydrogen-bond acceptors (Lipinski definition) is 8. The highest BCUT2D eigenvalue weighted by molar-refractivity contribution is 7.15. The SMILES string of the molecule is CCCCOc1ccc(/C=C/c2nc3s/c(=C\c4cn(-c5ccccc5)nc4-c4ccc(OCC)cc4C)c(=O)n3n2)cc1OC. The van der Waals surface area contributed by atoms with Gasteiger partial charge >= 0.3 is 0 Å². The van der Waals surface area contributed by atoms with Gasteiger partial charge in [0.15, 0.2) is 17.3 Å². The van der Waals surface area contributed by atoms with E-state index in [1.807, 2.05) is 104 Å². The second-order valence-corrected chi connectivity index (χ2v) is 11.7. The van der Waals surface area contributed by atoms with Gasteiger partial charge in [-0.05, 0) is 86.0 Å². The molecule has 3 heterocycles. The zero-order chi connectivity index (χ0) is 32.0. The highest BCUT2D eigenvalue weighted by Crippen LogP contribution is 2.31. The smallest absolute Gasteiger partial charge is 0.291 e. The highest BCUT2D eigenvalue weighted by Gasteiger charge is 2.16. The largest absolute Gasteiger partial charge is 0.494 e. The molecule has 0 saturated carbocycles. The number of ether oxygens (including phenoxy) is 3. The minimum Gasteiger partial charge on any atom is -0.494 e. The Morgan fingerprint density at radius 1 is 0.935 bits per heavy atom. The Balaban J connectivity index is 1.32. The normalized spacial score (nSPS) is 12.0. The van der Waals surface area contributed by atoms with Crippen LogP contribution in [0.15, 0.2) is 77.7 Å². The second-order valence-electron chi connectivity index (χ2n) is 10.6. The summed E-state index contributed by atoms with van der Waals surface area (Å²) in [5.74, 6) is 2.62. The summed E-state index contributed by atoms with van der Waals surface area (Å²) in [6, 6.07) is 21.6. The lowest BCUT2D eigenvalue weighted by Crippen LogP contribution is -2.23. The maximum Gasteiger partial charge on any atom is 0.291 e. The molecule has 0 bridgehead atoms. The van der Waals surface area contributed by atoms with Gasteiger partial charge in [0.05, 0.1) is 30.5 Å². The van der Waals surface area contributed by atoms with Gasteiger partial charge in [0, 0.05) is 17.3 Å². The van der Waals surface area contributed by atoms with E-state index in [0.29, 0.717) is 40.0 Å². The molecule has 234 valence electrons. The molecule has 0 N–H and O–H groups in total. The Labute approximate surface area is 271 Å². The fourth-order valence-electron chi connectivity index (χ4n) is 5.04. The summed E-state index contributed by atoms with van der Waals surface area (Å²) in [6.07, 6.45) is 9.53. The summed E-state index contributed by atoms with van der Waals surface area (Å²) in [4.78, 5) is 18.6. The monoisotopic (exact) mass is 633 g/mol. The Hall–Kier alpha value is -5.22. The maximum atomic E-state index is 13.5. The molecular weight excluding hydrogens is 598 g/mol. The van der Waals surface area contributed by atoms with Crippen molar-refractivity contribution in [1.29, 1.82) is 0 Å². The van der Waals surface area contributed by atoms with Crippen molar-refractivity contribution in [1.82, 2.24) is 24.4 Å². The molecule has 10 heteroatoms. The number of rotatable bonds is 12. The van der Waals surface area contributed by atoms with E-state index in [-0.39, 0.29) is 5.56 Å². The molecule has 3 aromatic carbocycles. The molecule has 0 aliphatic heterocycles. The molecule has 0 spiro atoms. The van der Waals surface area contributed by atoms with Gasteiger partial charge in [0.25, 0.3) is 5.56 Å². The first kappa shape index (κ1) is 30.8. The van der Waals surface area contributed by atoms with Gasteiger partial charge in [-0.3, -0.25) is 4.79 Å². The van der Waals surface area contributed by atoms with E-state index in [2.05, 4.69) is 17.0 Å². The van der Waals surface area contributed by atoms with Crippen molar-refractivity contribution in [3.8, 4) is 34.2 Å². The highest BCUT2D eigenvalue weighted by atomic mass is 32.1. The molecule has 9 nitrogen and oxygen atoms in total. The summed E-state index contributed by atoms with van der Waals surface area (Å²) >= 11 is 1.29. The number of aromatic nitrogens is 5. The van der Waals surface area contributed by atoms with Gasteiger partial charge in [-0.25, -0.2) is 4.68 Å². The molecule has 0 aliphatic rings. The molecule has 0 saturated heterocycles. The van der Waals surface area contributed by atoms with Crippen molar-refractivity contribution in [2.24, 2.45) is 0 Å². The van der Waals surface area contributed by atoms with Gasteiger partial charge in [-0.15, -0.1) is 5.10 Å². The van der Waals surface area contributed by atoms with E-state index < -0.39 is 0 Å². The first-order valence-corrected chi connectivity index (χ1v) is 16.1. The fraction of sp³-hybridized carbons (Fsp3) is 0.222. The number of nitrogens with zero attached hydrogens (tertiary/aromatic N) is 5. The topological polar surface area (TPSA) is 92.8 Å². The van der Waals surface area contributed by atoms with Crippen LogP contribution >= 0.6 is 11.3 Å². The van der Waals surface area contributed by atoms with Gasteiger partial charge in [-0.2, -0.15) is 14.6 Å². The van der Waals surface area contributed by atoms with Crippen molar-refractivity contribution in [2.75, 3.05) is 20.3 Å². The average molecular weight is 634 g/mol. The molecule has 0 unspecified atom stereocenters. The van der Waals surface area contributed by atoms with Crippen molar-refractivity contribution in [3.63, 3.8) is 0 Å². The number of benzene rings is 3. The summed E-state index contributed by atoms with van der Waals surface area (Å²) in [6.45, 7) is 7.36. The van der Waals surface area contributed by atoms with Crippen molar-refractivity contribution >= 4 is 34.5 Å². The fourth-order valence-corrected chi connectivity index (χ4v) is 5.94. The van der Waals surface area contributed by atoms with E-state index in [1.54, 1.807) is 13.2 Å². The Morgan fingerprint density at radius 3 is 2.52 bits per heavy atom. The van der Waals surface area contributed by atoms with Gasteiger partial charge in [0.2, 0.25) is 4.96 Å². The summed E-state index contributed by atoms with van der Waals surface area (Å²) in [5, 5.41) is 9.42. The number of methoxy groups -OCH3 is 1.